The SMILES string of the molecule is COc1cc2nccc(Oc3ccc(N(C(=O)O)c4ccc(C(C)(C)C)cc4)c(C)c3C)c2cc1OC. The topological polar surface area (TPSA) is 81.1 Å². The summed E-state index contributed by atoms with van der Waals surface area (Å²) in [5.41, 5.74) is 4.61. The standard InChI is InChI=1S/C30H32N2O5/c1-18-19(2)25(37-26-14-15-31-23-17-28(36-7)27(35-6)16-22(23)26)13-12-24(18)32(29(33)34)21-10-8-20(9-11-21)30(3,4)5/h8-17H,1-7H3,(H,33,34). The number of hydrogen-bond acceptors (Lipinski definition) is 5. The fraction of sp³-hybridized carbons (Fsp3) is 0.267. The summed E-state index contributed by atoms with van der Waals surface area (Å²) in [5.74, 6) is 2.39. The van der Waals surface area contributed by atoms with Gasteiger partial charge in [0.1, 0.15) is 11.5 Å². The highest BCUT2D eigenvalue weighted by molar-refractivity contribution is 5.96. The first-order valence-electron chi connectivity index (χ1n) is 12.0. The Morgan fingerprint density at radius 3 is 2.08 bits per heavy atom. The molecule has 0 atom stereocenters. The number of anilines is 2. The van der Waals surface area contributed by atoms with Crippen molar-refractivity contribution in [2.45, 2.75) is 40.0 Å². The summed E-state index contributed by atoms with van der Waals surface area (Å²) in [6.45, 7) is 10.2. The Labute approximate surface area is 217 Å². The summed E-state index contributed by atoms with van der Waals surface area (Å²) >= 11 is 0. The van der Waals surface area contributed by atoms with E-state index in [9.17, 15) is 9.90 Å². The Hall–Kier alpha value is -4.26. The number of ether oxygens (including phenoxy) is 3. The van der Waals surface area contributed by atoms with Crippen LogP contribution in [0.4, 0.5) is 16.2 Å². The zero-order chi connectivity index (χ0) is 26.9. The highest BCUT2D eigenvalue weighted by Crippen LogP contribution is 2.40. The average molecular weight is 501 g/mol. The Kier molecular flexibility index (Phi) is 6.99. The molecule has 0 aliphatic heterocycles. The minimum absolute atomic E-state index is 0.0235. The summed E-state index contributed by atoms with van der Waals surface area (Å²) in [5, 5.41) is 10.9. The first kappa shape index (κ1) is 25.8. The van der Waals surface area contributed by atoms with Gasteiger partial charge in [-0.2, -0.15) is 0 Å². The van der Waals surface area contributed by atoms with Crippen LogP contribution in [0, 0.1) is 13.8 Å². The molecular formula is C30H32N2O5. The Morgan fingerprint density at radius 1 is 0.838 bits per heavy atom. The molecule has 1 N–H and O–H groups in total. The number of aromatic nitrogens is 1. The van der Waals surface area contributed by atoms with Crippen LogP contribution in [0.25, 0.3) is 10.9 Å². The van der Waals surface area contributed by atoms with E-state index in [0.717, 1.165) is 22.1 Å². The summed E-state index contributed by atoms with van der Waals surface area (Å²) < 4.78 is 17.2. The van der Waals surface area contributed by atoms with Crippen LogP contribution < -0.4 is 19.1 Å². The number of nitrogens with zero attached hydrogens (tertiary/aromatic N) is 2. The number of benzene rings is 3. The second-order valence-corrected chi connectivity index (χ2v) is 9.88. The van der Waals surface area contributed by atoms with E-state index in [0.29, 0.717) is 39.9 Å². The van der Waals surface area contributed by atoms with Crippen molar-refractivity contribution in [3.8, 4) is 23.0 Å². The molecule has 1 amide bonds. The number of methoxy groups -OCH3 is 2. The van der Waals surface area contributed by atoms with Gasteiger partial charge in [-0.05, 0) is 72.4 Å². The largest absolute Gasteiger partial charge is 0.493 e. The van der Waals surface area contributed by atoms with Crippen LogP contribution in [-0.2, 0) is 5.41 Å². The van der Waals surface area contributed by atoms with Gasteiger partial charge in [-0.3, -0.25) is 4.98 Å². The maximum absolute atomic E-state index is 12.3. The van der Waals surface area contributed by atoms with Gasteiger partial charge in [-0.1, -0.05) is 32.9 Å². The number of amides is 1. The van der Waals surface area contributed by atoms with Crippen LogP contribution in [0.15, 0.2) is 60.8 Å². The molecule has 1 aromatic heterocycles. The molecule has 0 spiro atoms. The number of carbonyl (C=O) groups is 1. The zero-order valence-electron chi connectivity index (χ0n) is 22.2. The maximum Gasteiger partial charge on any atom is 0.416 e. The molecule has 0 aliphatic carbocycles. The van der Waals surface area contributed by atoms with Gasteiger partial charge in [0.05, 0.1) is 31.1 Å². The summed E-state index contributed by atoms with van der Waals surface area (Å²) in [4.78, 5) is 18.1. The lowest BCUT2D eigenvalue weighted by atomic mass is 9.87. The number of fused-ring (bicyclic) bond motifs is 1. The zero-order valence-corrected chi connectivity index (χ0v) is 22.2. The summed E-state index contributed by atoms with van der Waals surface area (Å²) in [6, 6.07) is 16.6. The predicted molar refractivity (Wildman–Crippen MR) is 146 cm³/mol. The third kappa shape index (κ3) is 5.03. The highest BCUT2D eigenvalue weighted by atomic mass is 16.5. The quantitative estimate of drug-likeness (QED) is 0.291. The van der Waals surface area contributed by atoms with E-state index in [2.05, 4.69) is 25.8 Å². The molecule has 1 heterocycles. The van der Waals surface area contributed by atoms with Crippen molar-refractivity contribution in [3.05, 3.63) is 77.5 Å². The van der Waals surface area contributed by atoms with Crippen LogP contribution in [0.2, 0.25) is 0 Å². The number of pyridine rings is 1. The second kappa shape index (κ2) is 10.0. The fourth-order valence-electron chi connectivity index (χ4n) is 4.25. The van der Waals surface area contributed by atoms with Crippen molar-refractivity contribution in [2.24, 2.45) is 0 Å². The first-order valence-corrected chi connectivity index (χ1v) is 12.0. The monoisotopic (exact) mass is 500 g/mol. The molecule has 0 aliphatic rings. The van der Waals surface area contributed by atoms with Crippen molar-refractivity contribution >= 4 is 28.4 Å². The molecule has 0 unspecified atom stereocenters. The normalized spacial score (nSPS) is 11.3. The van der Waals surface area contributed by atoms with Crippen LogP contribution in [-0.4, -0.2) is 30.4 Å². The molecule has 192 valence electrons. The maximum atomic E-state index is 12.3. The molecule has 7 nitrogen and oxygen atoms in total. The molecule has 4 rings (SSSR count). The Balaban J connectivity index is 1.72. The lowest BCUT2D eigenvalue weighted by Crippen LogP contribution is -2.25. The molecule has 0 radical (unpaired) electrons. The van der Waals surface area contributed by atoms with Gasteiger partial charge in [-0.25, -0.2) is 9.69 Å². The summed E-state index contributed by atoms with van der Waals surface area (Å²) in [6.07, 6.45) is 0.619. The van der Waals surface area contributed by atoms with Crippen molar-refractivity contribution < 1.29 is 24.1 Å². The highest BCUT2D eigenvalue weighted by Gasteiger charge is 2.22. The fourth-order valence-corrected chi connectivity index (χ4v) is 4.25. The molecule has 0 saturated heterocycles. The van der Waals surface area contributed by atoms with Crippen molar-refractivity contribution in [1.82, 2.24) is 4.98 Å². The van der Waals surface area contributed by atoms with Gasteiger partial charge in [0.25, 0.3) is 0 Å². The van der Waals surface area contributed by atoms with Crippen LogP contribution in [0.5, 0.6) is 23.0 Å². The molecule has 0 saturated carbocycles. The molecule has 0 bridgehead atoms. The number of hydrogen-bond donors (Lipinski definition) is 1. The van der Waals surface area contributed by atoms with Crippen molar-refractivity contribution in [3.63, 3.8) is 0 Å². The molecular weight excluding hydrogens is 468 g/mol. The Morgan fingerprint density at radius 2 is 1.49 bits per heavy atom. The third-order valence-electron chi connectivity index (χ3n) is 6.56. The van der Waals surface area contributed by atoms with E-state index < -0.39 is 6.09 Å². The van der Waals surface area contributed by atoms with Crippen molar-refractivity contribution in [2.75, 3.05) is 19.1 Å². The van der Waals surface area contributed by atoms with E-state index in [1.165, 1.54) is 4.90 Å². The molecule has 0 fully saturated rings. The number of rotatable bonds is 6. The number of carboxylic acid groups (broad SMARTS) is 1. The third-order valence-corrected chi connectivity index (χ3v) is 6.56. The molecule has 7 heteroatoms. The lowest BCUT2D eigenvalue weighted by molar-refractivity contribution is 0.204. The van der Waals surface area contributed by atoms with Crippen LogP contribution >= 0.6 is 0 Å². The van der Waals surface area contributed by atoms with E-state index in [4.69, 9.17) is 14.2 Å². The van der Waals surface area contributed by atoms with Crippen LogP contribution in [0.3, 0.4) is 0 Å². The van der Waals surface area contributed by atoms with E-state index in [1.807, 2.05) is 44.2 Å². The predicted octanol–water partition coefficient (Wildman–Crippen LogP) is 7.77. The van der Waals surface area contributed by atoms with E-state index in [-0.39, 0.29) is 5.41 Å². The van der Waals surface area contributed by atoms with Gasteiger partial charge >= 0.3 is 6.09 Å². The lowest BCUT2D eigenvalue weighted by Gasteiger charge is -2.25. The second-order valence-electron chi connectivity index (χ2n) is 9.88. The van der Waals surface area contributed by atoms with E-state index >= 15 is 0 Å². The van der Waals surface area contributed by atoms with Gasteiger partial charge in [0, 0.05) is 17.6 Å². The first-order chi connectivity index (χ1) is 17.5. The summed E-state index contributed by atoms with van der Waals surface area (Å²) in [7, 11) is 3.16. The van der Waals surface area contributed by atoms with Crippen molar-refractivity contribution in [1.29, 1.82) is 0 Å². The Bertz CT molecular complexity index is 1460. The van der Waals surface area contributed by atoms with E-state index in [1.54, 1.807) is 44.7 Å². The van der Waals surface area contributed by atoms with Gasteiger partial charge in [0.15, 0.2) is 11.5 Å². The van der Waals surface area contributed by atoms with Crippen LogP contribution in [0.1, 0.15) is 37.5 Å². The average Bonchev–Trinajstić information content (AvgIpc) is 2.87. The molecule has 3 aromatic carbocycles. The van der Waals surface area contributed by atoms with Gasteiger partial charge in [0.2, 0.25) is 0 Å². The minimum atomic E-state index is -1.05. The smallest absolute Gasteiger partial charge is 0.416 e. The molecule has 4 aromatic rings. The van der Waals surface area contributed by atoms with Gasteiger partial charge in [-0.15, -0.1) is 0 Å². The molecule has 37 heavy (non-hydrogen) atoms. The van der Waals surface area contributed by atoms with Gasteiger partial charge < -0.3 is 19.3 Å². The minimum Gasteiger partial charge on any atom is -0.493 e.